The number of para-hydroxylation sites is 1. The van der Waals surface area contributed by atoms with E-state index in [1.165, 1.54) is 0 Å². The van der Waals surface area contributed by atoms with E-state index >= 15 is 0 Å². The van der Waals surface area contributed by atoms with Crippen molar-refractivity contribution in [3.8, 4) is 11.1 Å². The van der Waals surface area contributed by atoms with E-state index in [4.69, 9.17) is 0 Å². The summed E-state index contributed by atoms with van der Waals surface area (Å²) in [5, 5.41) is 13.1. The maximum atomic E-state index is 13.1. The van der Waals surface area contributed by atoms with Crippen molar-refractivity contribution < 1.29 is 4.74 Å². The van der Waals surface area contributed by atoms with Gasteiger partial charge in [-0.1, -0.05) is 54.6 Å². The van der Waals surface area contributed by atoms with Gasteiger partial charge in [-0.2, -0.15) is 4.74 Å². The number of aryl methyl sites for hydroxylation is 1. The van der Waals surface area contributed by atoms with Crippen molar-refractivity contribution in [2.45, 2.75) is 6.92 Å². The molecule has 0 radical (unpaired) electrons. The largest absolute Gasteiger partial charge is 0.618 e. The van der Waals surface area contributed by atoms with Crippen LogP contribution in [0.2, 0.25) is 0 Å². The number of benzene rings is 3. The van der Waals surface area contributed by atoms with Gasteiger partial charge in [0.1, 0.15) is 0 Å². The Labute approximate surface area is 129 Å². The van der Waals surface area contributed by atoms with Crippen LogP contribution in [0.1, 0.15) is 16.7 Å². The van der Waals surface area contributed by atoms with Crippen molar-refractivity contribution in [2.75, 3.05) is 0 Å². The van der Waals surface area contributed by atoms with Crippen molar-refractivity contribution in [3.63, 3.8) is 0 Å². The molecule has 3 aromatic carbocycles. The van der Waals surface area contributed by atoms with Crippen LogP contribution in [-0.4, -0.2) is 10.5 Å². The molecule has 4 rings (SSSR count). The Bertz CT molecular complexity index is 861. The second-order valence-electron chi connectivity index (χ2n) is 5.52. The SMILES string of the molecule is Cc1ccccc1[N+]([O-])=C1c2ccccc2-c2ccccc21. The second kappa shape index (κ2) is 4.85. The summed E-state index contributed by atoms with van der Waals surface area (Å²) in [6.45, 7) is 1.97. The molecule has 0 spiro atoms. The standard InChI is InChI=1S/C20H15NO/c1-14-8-2-7-13-19(14)21(22)20-17-11-5-3-9-15(17)16-10-4-6-12-18(16)20/h2-13H,1H3. The number of hydrogen-bond acceptors (Lipinski definition) is 1. The molecule has 0 bridgehead atoms. The second-order valence-corrected chi connectivity index (χ2v) is 5.52. The molecule has 0 N–H and O–H groups in total. The van der Waals surface area contributed by atoms with Crippen molar-refractivity contribution in [1.29, 1.82) is 0 Å². The van der Waals surface area contributed by atoms with Gasteiger partial charge in [-0.25, -0.2) is 0 Å². The van der Waals surface area contributed by atoms with E-state index < -0.39 is 0 Å². The van der Waals surface area contributed by atoms with Gasteiger partial charge in [0, 0.05) is 11.6 Å². The zero-order valence-electron chi connectivity index (χ0n) is 12.3. The molecular formula is C20H15NO. The van der Waals surface area contributed by atoms with E-state index in [0.29, 0.717) is 5.69 Å². The summed E-state index contributed by atoms with van der Waals surface area (Å²) in [6.07, 6.45) is 0. The van der Waals surface area contributed by atoms with Gasteiger partial charge in [-0.3, -0.25) is 0 Å². The van der Waals surface area contributed by atoms with E-state index in [1.54, 1.807) is 0 Å². The first kappa shape index (κ1) is 12.8. The number of rotatable bonds is 1. The van der Waals surface area contributed by atoms with Crippen LogP contribution in [0.5, 0.6) is 0 Å². The monoisotopic (exact) mass is 285 g/mol. The molecule has 2 heteroatoms. The lowest BCUT2D eigenvalue weighted by molar-refractivity contribution is -0.359. The van der Waals surface area contributed by atoms with Gasteiger partial charge >= 0.3 is 0 Å². The van der Waals surface area contributed by atoms with E-state index in [1.807, 2.05) is 67.6 Å². The summed E-state index contributed by atoms with van der Waals surface area (Å²) in [7, 11) is 0. The van der Waals surface area contributed by atoms with Crippen LogP contribution < -0.4 is 0 Å². The lowest BCUT2D eigenvalue weighted by Gasteiger charge is -2.10. The summed E-state index contributed by atoms with van der Waals surface area (Å²) >= 11 is 0. The molecule has 0 aromatic heterocycles. The minimum absolute atomic E-state index is 0.698. The van der Waals surface area contributed by atoms with Crippen LogP contribution in [-0.2, 0) is 0 Å². The van der Waals surface area contributed by atoms with Crippen molar-refractivity contribution in [1.82, 2.24) is 0 Å². The highest BCUT2D eigenvalue weighted by Gasteiger charge is 2.30. The van der Waals surface area contributed by atoms with Crippen molar-refractivity contribution in [3.05, 3.63) is 94.7 Å². The average Bonchev–Trinajstić information content (AvgIpc) is 2.89. The molecule has 2 nitrogen and oxygen atoms in total. The normalized spacial score (nSPS) is 12.0. The maximum absolute atomic E-state index is 13.1. The fourth-order valence-corrected chi connectivity index (χ4v) is 3.12. The van der Waals surface area contributed by atoms with Crippen LogP contribution in [0.4, 0.5) is 5.69 Å². The fraction of sp³-hybridized carbons (Fsp3) is 0.0500. The predicted octanol–water partition coefficient (Wildman–Crippen LogP) is 4.65. The van der Waals surface area contributed by atoms with Crippen molar-refractivity contribution in [2.24, 2.45) is 0 Å². The highest BCUT2D eigenvalue weighted by atomic mass is 16.5. The minimum atomic E-state index is 0.698. The Balaban J connectivity index is 2.07. The van der Waals surface area contributed by atoms with Crippen LogP contribution in [0.15, 0.2) is 72.8 Å². The van der Waals surface area contributed by atoms with Gasteiger partial charge in [0.25, 0.3) is 0 Å². The third kappa shape index (κ3) is 1.77. The molecule has 0 fully saturated rings. The maximum Gasteiger partial charge on any atom is 0.232 e. The highest BCUT2D eigenvalue weighted by Crippen LogP contribution is 2.37. The number of nitrogens with zero attached hydrogens (tertiary/aromatic N) is 1. The zero-order chi connectivity index (χ0) is 15.1. The molecule has 22 heavy (non-hydrogen) atoms. The Morgan fingerprint density at radius 3 is 1.64 bits per heavy atom. The molecule has 0 saturated carbocycles. The third-order valence-corrected chi connectivity index (χ3v) is 4.19. The molecule has 106 valence electrons. The first-order valence-electron chi connectivity index (χ1n) is 7.36. The first-order valence-corrected chi connectivity index (χ1v) is 7.36. The van der Waals surface area contributed by atoms with Gasteiger partial charge in [0.05, 0.1) is 11.1 Å². The van der Waals surface area contributed by atoms with Gasteiger partial charge in [0.15, 0.2) is 0 Å². The minimum Gasteiger partial charge on any atom is -0.618 e. The van der Waals surface area contributed by atoms with Gasteiger partial charge < -0.3 is 5.21 Å². The number of fused-ring (bicyclic) bond motifs is 3. The Morgan fingerprint density at radius 1 is 0.636 bits per heavy atom. The van der Waals surface area contributed by atoms with Crippen LogP contribution in [0, 0.1) is 12.1 Å². The lowest BCUT2D eigenvalue weighted by Crippen LogP contribution is -2.12. The molecule has 0 amide bonds. The quantitative estimate of drug-likeness (QED) is 0.284. The predicted molar refractivity (Wildman–Crippen MR) is 89.6 cm³/mol. The lowest BCUT2D eigenvalue weighted by atomic mass is 10.1. The molecule has 0 atom stereocenters. The van der Waals surface area contributed by atoms with E-state index in [9.17, 15) is 5.21 Å². The van der Waals surface area contributed by atoms with Crippen LogP contribution >= 0.6 is 0 Å². The van der Waals surface area contributed by atoms with Gasteiger partial charge in [-0.15, -0.1) is 0 Å². The molecular weight excluding hydrogens is 270 g/mol. The molecule has 0 aliphatic heterocycles. The Kier molecular flexibility index (Phi) is 2.83. The molecule has 0 heterocycles. The summed E-state index contributed by atoms with van der Waals surface area (Å²) in [6, 6.07) is 23.9. The van der Waals surface area contributed by atoms with E-state index in [-0.39, 0.29) is 0 Å². The molecule has 1 aliphatic rings. The van der Waals surface area contributed by atoms with Gasteiger partial charge in [0.2, 0.25) is 11.4 Å². The van der Waals surface area contributed by atoms with Crippen molar-refractivity contribution >= 4 is 11.4 Å². The third-order valence-electron chi connectivity index (χ3n) is 4.19. The molecule has 0 unspecified atom stereocenters. The molecule has 3 aromatic rings. The fourth-order valence-electron chi connectivity index (χ4n) is 3.12. The average molecular weight is 285 g/mol. The summed E-state index contributed by atoms with van der Waals surface area (Å²) < 4.78 is 1.07. The summed E-state index contributed by atoms with van der Waals surface area (Å²) in [5.41, 5.74) is 6.67. The van der Waals surface area contributed by atoms with Crippen LogP contribution in [0.25, 0.3) is 11.1 Å². The first-order chi connectivity index (χ1) is 10.8. The zero-order valence-corrected chi connectivity index (χ0v) is 12.3. The summed E-state index contributed by atoms with van der Waals surface area (Å²) in [4.78, 5) is 0. The number of hydrogen-bond donors (Lipinski definition) is 0. The molecule has 1 aliphatic carbocycles. The Hall–Kier alpha value is -2.87. The van der Waals surface area contributed by atoms with E-state index in [0.717, 1.165) is 38.3 Å². The van der Waals surface area contributed by atoms with Crippen LogP contribution in [0.3, 0.4) is 0 Å². The van der Waals surface area contributed by atoms with Gasteiger partial charge in [-0.05, 0) is 30.2 Å². The highest BCUT2D eigenvalue weighted by molar-refractivity contribution is 6.22. The molecule has 0 saturated heterocycles. The smallest absolute Gasteiger partial charge is 0.232 e. The van der Waals surface area contributed by atoms with E-state index in [2.05, 4.69) is 12.1 Å². The summed E-state index contributed by atoms with van der Waals surface area (Å²) in [5.74, 6) is 0. The topological polar surface area (TPSA) is 26.1 Å². The Morgan fingerprint density at radius 2 is 1.09 bits per heavy atom.